The zero-order chi connectivity index (χ0) is 19.1. The van der Waals surface area contributed by atoms with Crippen molar-refractivity contribution < 1.29 is 4.42 Å². The fraction of sp³-hybridized carbons (Fsp3) is 0.500. The minimum Gasteiger partial charge on any atom is -0.466 e. The Labute approximate surface area is 162 Å². The van der Waals surface area contributed by atoms with Crippen molar-refractivity contribution in [2.24, 2.45) is 4.99 Å². The Morgan fingerprint density at radius 1 is 1.00 bits per heavy atom. The summed E-state index contributed by atoms with van der Waals surface area (Å²) >= 11 is 0. The summed E-state index contributed by atoms with van der Waals surface area (Å²) in [5.74, 6) is 2.70. The number of rotatable bonds is 6. The fourth-order valence-corrected chi connectivity index (χ4v) is 3.58. The van der Waals surface area contributed by atoms with E-state index in [4.69, 9.17) is 4.42 Å². The number of hydrogen-bond acceptors (Lipinski definition) is 3. The monoisotopic (exact) mass is 368 g/mol. The Morgan fingerprint density at radius 2 is 1.67 bits per heavy atom. The van der Waals surface area contributed by atoms with E-state index in [1.165, 1.54) is 43.5 Å². The van der Waals surface area contributed by atoms with Crippen LogP contribution in [0.25, 0.3) is 0 Å². The molecule has 1 aliphatic rings. The highest BCUT2D eigenvalue weighted by molar-refractivity contribution is 5.79. The number of aliphatic imine (C=N–C) groups is 1. The Morgan fingerprint density at radius 3 is 2.30 bits per heavy atom. The maximum Gasteiger partial charge on any atom is 0.191 e. The second-order valence-electron chi connectivity index (χ2n) is 7.37. The molecule has 0 unspecified atom stereocenters. The predicted octanol–water partition coefficient (Wildman–Crippen LogP) is 3.75. The summed E-state index contributed by atoms with van der Waals surface area (Å²) < 4.78 is 5.57. The molecule has 1 saturated heterocycles. The molecule has 27 heavy (non-hydrogen) atoms. The molecule has 2 heterocycles. The number of benzene rings is 1. The van der Waals surface area contributed by atoms with Gasteiger partial charge in [0.15, 0.2) is 5.96 Å². The predicted molar refractivity (Wildman–Crippen MR) is 111 cm³/mol. The van der Waals surface area contributed by atoms with Gasteiger partial charge in [0.25, 0.3) is 0 Å². The van der Waals surface area contributed by atoms with Crippen LogP contribution in [0.5, 0.6) is 0 Å². The van der Waals surface area contributed by atoms with Gasteiger partial charge >= 0.3 is 0 Å². The lowest BCUT2D eigenvalue weighted by Gasteiger charge is -2.26. The normalized spacial score (nSPS) is 15.7. The molecule has 1 fully saturated rings. The van der Waals surface area contributed by atoms with Crippen LogP contribution in [0.4, 0.5) is 0 Å². The molecule has 1 aliphatic heterocycles. The minimum atomic E-state index is 0.706. The van der Waals surface area contributed by atoms with Crippen molar-refractivity contribution in [3.8, 4) is 0 Å². The number of nitrogens with zero attached hydrogens (tertiary/aromatic N) is 2. The summed E-state index contributed by atoms with van der Waals surface area (Å²) in [6, 6.07) is 11.0. The molecule has 0 aliphatic carbocycles. The summed E-state index contributed by atoms with van der Waals surface area (Å²) in [4.78, 5) is 6.86. The molecule has 0 spiro atoms. The van der Waals surface area contributed by atoms with Crippen molar-refractivity contribution in [1.29, 1.82) is 0 Å². The summed E-state index contributed by atoms with van der Waals surface area (Å²) in [5.41, 5.74) is 3.82. The number of aryl methyl sites for hydroxylation is 2. The molecule has 3 rings (SSSR count). The third-order valence-corrected chi connectivity index (χ3v) is 5.15. The van der Waals surface area contributed by atoms with E-state index in [2.05, 4.69) is 50.9 Å². The van der Waals surface area contributed by atoms with E-state index in [1.807, 2.05) is 13.8 Å². The first-order chi connectivity index (χ1) is 13.1. The standard InChI is InChI=1S/C22H32N4O/c1-17-13-21(18(2)27-17)15-25-22(23-3)24-14-19-7-9-20(10-8-19)16-26-11-5-4-6-12-26/h7-10,13H,4-6,11-12,14-16H2,1-3H3,(H2,23,24,25). The van der Waals surface area contributed by atoms with Crippen molar-refractivity contribution >= 4 is 5.96 Å². The summed E-state index contributed by atoms with van der Waals surface area (Å²) in [6.45, 7) is 8.97. The van der Waals surface area contributed by atoms with Gasteiger partial charge in [-0.05, 0) is 57.0 Å². The Hall–Kier alpha value is -2.27. The van der Waals surface area contributed by atoms with Gasteiger partial charge in [-0.2, -0.15) is 0 Å². The van der Waals surface area contributed by atoms with E-state index in [0.717, 1.165) is 36.1 Å². The fourth-order valence-electron chi connectivity index (χ4n) is 3.58. The van der Waals surface area contributed by atoms with Crippen LogP contribution >= 0.6 is 0 Å². The zero-order valence-electron chi connectivity index (χ0n) is 16.8. The van der Waals surface area contributed by atoms with Crippen LogP contribution in [-0.2, 0) is 19.6 Å². The van der Waals surface area contributed by atoms with Gasteiger partial charge in [-0.1, -0.05) is 30.7 Å². The number of nitrogens with one attached hydrogen (secondary N) is 2. The van der Waals surface area contributed by atoms with Crippen LogP contribution in [0.1, 0.15) is 47.5 Å². The Kier molecular flexibility index (Phi) is 6.93. The quantitative estimate of drug-likeness (QED) is 0.602. The molecular formula is C22H32N4O. The minimum absolute atomic E-state index is 0.706. The molecule has 1 aromatic heterocycles. The lowest BCUT2D eigenvalue weighted by atomic mass is 10.1. The van der Waals surface area contributed by atoms with Gasteiger partial charge in [0.1, 0.15) is 11.5 Å². The van der Waals surface area contributed by atoms with E-state index in [1.54, 1.807) is 7.05 Å². The first-order valence-electron chi connectivity index (χ1n) is 9.94. The smallest absolute Gasteiger partial charge is 0.191 e. The maximum atomic E-state index is 5.57. The number of piperidine rings is 1. The highest BCUT2D eigenvalue weighted by Crippen LogP contribution is 2.14. The molecule has 0 bridgehead atoms. The van der Waals surface area contributed by atoms with E-state index >= 15 is 0 Å². The second-order valence-corrected chi connectivity index (χ2v) is 7.37. The molecule has 2 N–H and O–H groups in total. The van der Waals surface area contributed by atoms with Crippen LogP contribution < -0.4 is 10.6 Å². The van der Waals surface area contributed by atoms with E-state index in [9.17, 15) is 0 Å². The van der Waals surface area contributed by atoms with E-state index in [-0.39, 0.29) is 0 Å². The zero-order valence-corrected chi connectivity index (χ0v) is 16.8. The van der Waals surface area contributed by atoms with Crippen LogP contribution in [0.15, 0.2) is 39.7 Å². The topological polar surface area (TPSA) is 52.8 Å². The Balaban J connectivity index is 1.45. The van der Waals surface area contributed by atoms with Gasteiger partial charge in [-0.3, -0.25) is 9.89 Å². The third kappa shape index (κ3) is 5.86. The van der Waals surface area contributed by atoms with Crippen LogP contribution in [-0.4, -0.2) is 31.0 Å². The summed E-state index contributed by atoms with van der Waals surface area (Å²) in [5, 5.41) is 6.73. The molecule has 5 nitrogen and oxygen atoms in total. The van der Waals surface area contributed by atoms with Crippen LogP contribution in [0.3, 0.4) is 0 Å². The largest absolute Gasteiger partial charge is 0.466 e. The van der Waals surface area contributed by atoms with Gasteiger partial charge in [0.2, 0.25) is 0 Å². The van der Waals surface area contributed by atoms with E-state index < -0.39 is 0 Å². The van der Waals surface area contributed by atoms with Crippen molar-refractivity contribution in [1.82, 2.24) is 15.5 Å². The second kappa shape index (κ2) is 9.60. The SMILES string of the molecule is CN=C(NCc1ccc(CN2CCCCC2)cc1)NCc1cc(C)oc1C. The molecule has 1 aromatic carbocycles. The first-order valence-corrected chi connectivity index (χ1v) is 9.94. The maximum absolute atomic E-state index is 5.57. The van der Waals surface area contributed by atoms with Gasteiger partial charge in [-0.25, -0.2) is 0 Å². The van der Waals surface area contributed by atoms with Crippen molar-refractivity contribution in [3.05, 3.63) is 58.5 Å². The highest BCUT2D eigenvalue weighted by atomic mass is 16.3. The number of hydrogen-bond donors (Lipinski definition) is 2. The summed E-state index contributed by atoms with van der Waals surface area (Å²) in [7, 11) is 1.80. The van der Waals surface area contributed by atoms with Crippen molar-refractivity contribution in [3.63, 3.8) is 0 Å². The molecule has 2 aromatic rings. The van der Waals surface area contributed by atoms with Crippen LogP contribution in [0, 0.1) is 13.8 Å². The average molecular weight is 369 g/mol. The first kappa shape index (κ1) is 19.5. The molecular weight excluding hydrogens is 336 g/mol. The molecule has 5 heteroatoms. The summed E-state index contributed by atoms with van der Waals surface area (Å²) in [6.07, 6.45) is 4.06. The number of likely N-dealkylation sites (tertiary alicyclic amines) is 1. The van der Waals surface area contributed by atoms with Crippen molar-refractivity contribution in [2.45, 2.75) is 52.7 Å². The Bertz CT molecular complexity index is 742. The van der Waals surface area contributed by atoms with Crippen LogP contribution in [0.2, 0.25) is 0 Å². The molecule has 0 saturated carbocycles. The van der Waals surface area contributed by atoms with Gasteiger partial charge < -0.3 is 15.1 Å². The van der Waals surface area contributed by atoms with Gasteiger partial charge in [0, 0.05) is 32.2 Å². The van der Waals surface area contributed by atoms with E-state index in [0.29, 0.717) is 6.54 Å². The molecule has 0 radical (unpaired) electrons. The highest BCUT2D eigenvalue weighted by Gasteiger charge is 2.10. The lowest BCUT2D eigenvalue weighted by molar-refractivity contribution is 0.221. The molecule has 0 amide bonds. The molecule has 146 valence electrons. The lowest BCUT2D eigenvalue weighted by Crippen LogP contribution is -2.36. The number of guanidine groups is 1. The van der Waals surface area contributed by atoms with Gasteiger partial charge in [0.05, 0.1) is 0 Å². The third-order valence-electron chi connectivity index (χ3n) is 5.15. The van der Waals surface area contributed by atoms with Gasteiger partial charge in [-0.15, -0.1) is 0 Å². The number of furan rings is 1. The average Bonchev–Trinajstić information content (AvgIpc) is 3.01. The molecule has 0 atom stereocenters. The van der Waals surface area contributed by atoms with Crippen molar-refractivity contribution in [2.75, 3.05) is 20.1 Å².